The lowest BCUT2D eigenvalue weighted by molar-refractivity contribution is -0.131. The average molecular weight is 426 g/mol. The number of halogens is 1. The van der Waals surface area contributed by atoms with E-state index in [1.54, 1.807) is 18.3 Å². The number of carbonyl (C=O) groups excluding carboxylic acids is 2. The number of ether oxygens (including phenoxy) is 1. The van der Waals surface area contributed by atoms with Crippen molar-refractivity contribution in [1.82, 2.24) is 15.3 Å². The van der Waals surface area contributed by atoms with Crippen LogP contribution in [0.4, 0.5) is 4.39 Å². The third kappa shape index (κ3) is 4.36. The van der Waals surface area contributed by atoms with E-state index in [2.05, 4.69) is 15.3 Å². The minimum Gasteiger partial charge on any atom is -0.453 e. The number of aromatic amines is 1. The summed E-state index contributed by atoms with van der Waals surface area (Å²) in [6.45, 7) is 0. The van der Waals surface area contributed by atoms with Crippen molar-refractivity contribution in [3.8, 4) is 11.5 Å². The Morgan fingerprint density at radius 2 is 2.03 bits per heavy atom. The summed E-state index contributed by atoms with van der Waals surface area (Å²) in [5.41, 5.74) is 6.16. The second-order valence-corrected chi connectivity index (χ2v) is 7.64. The first-order valence-corrected chi connectivity index (χ1v) is 10.1. The summed E-state index contributed by atoms with van der Waals surface area (Å²) in [5.74, 6) is -3.34. The second-order valence-electron chi connectivity index (χ2n) is 7.64. The maximum atomic E-state index is 14.8. The van der Waals surface area contributed by atoms with Gasteiger partial charge in [0.05, 0.1) is 17.5 Å². The van der Waals surface area contributed by atoms with Gasteiger partial charge in [0.15, 0.2) is 11.6 Å². The van der Waals surface area contributed by atoms with Gasteiger partial charge in [0.2, 0.25) is 11.8 Å². The van der Waals surface area contributed by atoms with Gasteiger partial charge >= 0.3 is 0 Å². The van der Waals surface area contributed by atoms with Crippen molar-refractivity contribution in [2.75, 3.05) is 0 Å². The molecule has 0 aliphatic heterocycles. The van der Waals surface area contributed by atoms with Gasteiger partial charge in [0.1, 0.15) is 17.3 Å². The topological polar surface area (TPSA) is 130 Å². The lowest BCUT2D eigenvalue weighted by atomic mass is 9.91. The number of hydrogen-bond donors (Lipinski definition) is 4. The molecule has 8 nitrogen and oxygen atoms in total. The number of benzene rings is 1. The number of amides is 2. The third-order valence-electron chi connectivity index (χ3n) is 5.53. The molecule has 1 aliphatic carbocycles. The Morgan fingerprint density at radius 3 is 2.77 bits per heavy atom. The highest BCUT2D eigenvalue weighted by Gasteiger charge is 2.32. The molecule has 2 heterocycles. The largest absolute Gasteiger partial charge is 0.453 e. The van der Waals surface area contributed by atoms with Crippen LogP contribution in [-0.2, 0) is 9.59 Å². The van der Waals surface area contributed by atoms with E-state index in [9.17, 15) is 19.1 Å². The molecule has 0 bridgehead atoms. The van der Waals surface area contributed by atoms with E-state index in [1.165, 1.54) is 18.3 Å². The maximum Gasteiger partial charge on any atom is 0.237 e. The number of aromatic nitrogens is 2. The Balaban J connectivity index is 1.55. The minimum atomic E-state index is -1.38. The third-order valence-corrected chi connectivity index (χ3v) is 5.53. The number of carbonyl (C=O) groups is 2. The fourth-order valence-electron chi connectivity index (χ4n) is 3.91. The zero-order chi connectivity index (χ0) is 22.0. The minimum absolute atomic E-state index is 0.0659. The Bertz CT molecular complexity index is 1120. The summed E-state index contributed by atoms with van der Waals surface area (Å²) in [5, 5.41) is 13.4. The normalized spacial score (nSPS) is 19.7. The van der Waals surface area contributed by atoms with Gasteiger partial charge in [-0.2, -0.15) is 0 Å². The molecular weight excluding hydrogens is 403 g/mol. The number of pyridine rings is 1. The van der Waals surface area contributed by atoms with Crippen LogP contribution >= 0.6 is 0 Å². The molecule has 1 fully saturated rings. The highest BCUT2D eigenvalue weighted by atomic mass is 19.1. The van der Waals surface area contributed by atoms with Crippen LogP contribution in [-0.4, -0.2) is 39.0 Å². The van der Waals surface area contributed by atoms with Crippen LogP contribution in [0.5, 0.6) is 11.5 Å². The van der Waals surface area contributed by atoms with Gasteiger partial charge in [-0.05, 0) is 42.7 Å². The predicted molar refractivity (Wildman–Crippen MR) is 111 cm³/mol. The molecule has 3 atom stereocenters. The number of aliphatic hydroxyl groups excluding tert-OH is 1. The van der Waals surface area contributed by atoms with Crippen molar-refractivity contribution >= 4 is 22.8 Å². The summed E-state index contributed by atoms with van der Waals surface area (Å²) in [6.07, 6.45) is 5.50. The lowest BCUT2D eigenvalue weighted by Gasteiger charge is -2.29. The highest BCUT2D eigenvalue weighted by Crippen LogP contribution is 2.31. The van der Waals surface area contributed by atoms with E-state index in [4.69, 9.17) is 10.5 Å². The Hall–Kier alpha value is -3.46. The molecule has 1 saturated carbocycles. The van der Waals surface area contributed by atoms with Crippen molar-refractivity contribution in [3.05, 3.63) is 54.1 Å². The molecule has 162 valence electrons. The van der Waals surface area contributed by atoms with Gasteiger partial charge in [-0.15, -0.1) is 0 Å². The smallest absolute Gasteiger partial charge is 0.237 e. The van der Waals surface area contributed by atoms with Crippen LogP contribution in [0.25, 0.3) is 11.0 Å². The van der Waals surface area contributed by atoms with E-state index in [0.717, 1.165) is 18.9 Å². The maximum absolute atomic E-state index is 14.8. The first kappa shape index (κ1) is 20.8. The molecule has 1 unspecified atom stereocenters. The Kier molecular flexibility index (Phi) is 5.85. The van der Waals surface area contributed by atoms with Crippen LogP contribution in [0, 0.1) is 5.82 Å². The zero-order valence-electron chi connectivity index (χ0n) is 16.7. The monoisotopic (exact) mass is 426 g/mol. The predicted octanol–water partition coefficient (Wildman–Crippen LogP) is 2.48. The first-order chi connectivity index (χ1) is 14.9. The van der Waals surface area contributed by atoms with Crippen molar-refractivity contribution in [2.45, 2.75) is 43.7 Å². The molecule has 31 heavy (non-hydrogen) atoms. The van der Waals surface area contributed by atoms with E-state index in [-0.39, 0.29) is 11.3 Å². The van der Waals surface area contributed by atoms with E-state index < -0.39 is 35.7 Å². The molecule has 0 saturated heterocycles. The molecule has 9 heteroatoms. The quantitative estimate of drug-likeness (QED) is 0.450. The molecule has 1 aromatic carbocycles. The Morgan fingerprint density at radius 1 is 1.23 bits per heavy atom. The summed E-state index contributed by atoms with van der Waals surface area (Å²) in [6, 6.07) is 6.76. The van der Waals surface area contributed by atoms with Gasteiger partial charge in [-0.25, -0.2) is 9.37 Å². The number of H-pyrrole nitrogens is 1. The number of nitrogens with one attached hydrogen (secondary N) is 2. The summed E-state index contributed by atoms with van der Waals surface area (Å²) >= 11 is 0. The Labute approximate surface area is 177 Å². The number of nitrogens with zero attached hydrogens (tertiary/aromatic N) is 1. The standard InChI is InChI=1S/C22H23FN4O4/c23-14-11-12(19(20(24)29)22(30)27-15-3-1-2-4-16(15)28)5-6-18(14)31-17-8-10-26-21-13(17)7-9-25-21/h5-11,15-16,19,28H,1-4H2,(H2,24,29)(H,25,26)(H,27,30)/t15-,16-,19?/m0/s1. The van der Waals surface area contributed by atoms with E-state index in [1.807, 2.05) is 0 Å². The van der Waals surface area contributed by atoms with Gasteiger partial charge in [0.25, 0.3) is 0 Å². The molecule has 2 aromatic heterocycles. The van der Waals surface area contributed by atoms with Crippen LogP contribution < -0.4 is 15.8 Å². The molecule has 0 spiro atoms. The summed E-state index contributed by atoms with van der Waals surface area (Å²) in [4.78, 5) is 31.8. The molecule has 3 aromatic rings. The van der Waals surface area contributed by atoms with E-state index >= 15 is 0 Å². The second kappa shape index (κ2) is 8.73. The van der Waals surface area contributed by atoms with Crippen molar-refractivity contribution in [2.24, 2.45) is 5.73 Å². The number of rotatable bonds is 6. The molecular formula is C22H23FN4O4. The van der Waals surface area contributed by atoms with Crippen LogP contribution in [0.15, 0.2) is 42.7 Å². The fourth-order valence-corrected chi connectivity index (χ4v) is 3.91. The molecule has 4 rings (SSSR count). The SMILES string of the molecule is NC(=O)C(C(=O)N[C@H]1CCCC[C@@H]1O)c1ccc(Oc2ccnc3[nH]ccc23)c(F)c1. The van der Waals surface area contributed by atoms with Gasteiger partial charge in [-0.1, -0.05) is 18.9 Å². The van der Waals surface area contributed by atoms with Crippen LogP contribution in [0.2, 0.25) is 0 Å². The number of aliphatic hydroxyl groups is 1. The van der Waals surface area contributed by atoms with Crippen molar-refractivity contribution < 1.29 is 23.8 Å². The summed E-state index contributed by atoms with van der Waals surface area (Å²) < 4.78 is 20.5. The molecule has 5 N–H and O–H groups in total. The van der Waals surface area contributed by atoms with Gasteiger partial charge in [-0.3, -0.25) is 9.59 Å². The van der Waals surface area contributed by atoms with Gasteiger partial charge in [0, 0.05) is 12.4 Å². The van der Waals surface area contributed by atoms with Crippen LogP contribution in [0.1, 0.15) is 37.2 Å². The number of hydrogen-bond acceptors (Lipinski definition) is 5. The number of fused-ring (bicyclic) bond motifs is 1. The number of primary amides is 1. The summed E-state index contributed by atoms with van der Waals surface area (Å²) in [7, 11) is 0. The fraction of sp³-hybridized carbons (Fsp3) is 0.318. The lowest BCUT2D eigenvalue weighted by Crippen LogP contribution is -2.48. The molecule has 1 aliphatic rings. The van der Waals surface area contributed by atoms with Crippen molar-refractivity contribution in [1.29, 1.82) is 0 Å². The van der Waals surface area contributed by atoms with Crippen molar-refractivity contribution in [3.63, 3.8) is 0 Å². The first-order valence-electron chi connectivity index (χ1n) is 10.1. The van der Waals surface area contributed by atoms with Gasteiger partial charge < -0.3 is 25.9 Å². The van der Waals surface area contributed by atoms with Crippen LogP contribution in [0.3, 0.4) is 0 Å². The van der Waals surface area contributed by atoms with E-state index in [0.29, 0.717) is 29.6 Å². The molecule has 0 radical (unpaired) electrons. The average Bonchev–Trinajstić information content (AvgIpc) is 3.21. The molecule has 2 amide bonds. The number of nitrogens with two attached hydrogens (primary N) is 1. The highest BCUT2D eigenvalue weighted by molar-refractivity contribution is 6.05. The zero-order valence-corrected chi connectivity index (χ0v) is 16.7.